The van der Waals surface area contributed by atoms with Crippen LogP contribution >= 0.6 is 11.3 Å². The molecule has 5 heteroatoms. The largest absolute Gasteiger partial charge is 0.395 e. The molecule has 1 aliphatic rings. The smallest absolute Gasteiger partial charge is 0.106 e. The van der Waals surface area contributed by atoms with Gasteiger partial charge in [-0.15, -0.1) is 11.3 Å². The van der Waals surface area contributed by atoms with E-state index in [0.29, 0.717) is 12.2 Å². The summed E-state index contributed by atoms with van der Waals surface area (Å²) in [5.74, 6) is 0. The van der Waals surface area contributed by atoms with Crippen LogP contribution in [0.2, 0.25) is 0 Å². The third kappa shape index (κ3) is 2.53. The maximum atomic E-state index is 10.5. The van der Waals surface area contributed by atoms with Crippen LogP contribution in [0.15, 0.2) is 17.6 Å². The zero-order chi connectivity index (χ0) is 13.3. The topological polar surface area (TPSA) is 71.2 Å². The molecule has 1 aromatic heterocycles. The second kappa shape index (κ2) is 4.98. The Bertz CT molecular complexity index is 575. The molecular formula is C14H19N3OS. The number of aromatic nitrogens is 1. The van der Waals surface area contributed by atoms with Crippen LogP contribution in [-0.4, -0.2) is 22.2 Å². The number of fused-ring (bicyclic) bond motifs is 1. The number of anilines is 2. The molecule has 0 bridgehead atoms. The summed E-state index contributed by atoms with van der Waals surface area (Å²) in [6.45, 7) is 0.562. The molecule has 2 aromatic rings. The maximum Gasteiger partial charge on any atom is 0.106 e. The third-order valence-corrected chi connectivity index (χ3v) is 4.73. The van der Waals surface area contributed by atoms with Crippen LogP contribution in [0.5, 0.6) is 0 Å². The highest BCUT2D eigenvalue weighted by molar-refractivity contribution is 7.16. The normalized spacial score (nSPS) is 18.6. The van der Waals surface area contributed by atoms with Gasteiger partial charge < -0.3 is 16.2 Å². The molecule has 1 saturated carbocycles. The molecule has 4 nitrogen and oxygen atoms in total. The first-order valence-electron chi connectivity index (χ1n) is 6.76. The number of nitrogens with one attached hydrogen (secondary N) is 1. The zero-order valence-electron chi connectivity index (χ0n) is 10.9. The van der Waals surface area contributed by atoms with E-state index in [1.807, 2.05) is 12.1 Å². The number of thiazole rings is 1. The van der Waals surface area contributed by atoms with Crippen molar-refractivity contribution in [3.8, 4) is 0 Å². The third-order valence-electron chi connectivity index (χ3n) is 3.93. The molecule has 4 N–H and O–H groups in total. The number of benzene rings is 1. The number of hydrogen-bond donors (Lipinski definition) is 3. The first-order valence-corrected chi connectivity index (χ1v) is 7.64. The molecule has 0 amide bonds. The Morgan fingerprint density at radius 1 is 1.32 bits per heavy atom. The van der Waals surface area contributed by atoms with Crippen LogP contribution in [0.3, 0.4) is 0 Å². The van der Waals surface area contributed by atoms with Gasteiger partial charge in [-0.1, -0.05) is 19.3 Å². The number of aliphatic hydroxyl groups is 1. The predicted molar refractivity (Wildman–Crippen MR) is 80.6 cm³/mol. The molecule has 1 aliphatic carbocycles. The number of hydrogen-bond acceptors (Lipinski definition) is 5. The molecule has 1 heterocycles. The van der Waals surface area contributed by atoms with Crippen molar-refractivity contribution in [3.05, 3.63) is 17.6 Å². The number of rotatable bonds is 3. The second-order valence-electron chi connectivity index (χ2n) is 5.36. The highest BCUT2D eigenvalue weighted by Crippen LogP contribution is 2.32. The van der Waals surface area contributed by atoms with Crippen LogP contribution < -0.4 is 11.1 Å². The predicted octanol–water partition coefficient (Wildman–Crippen LogP) is 2.99. The van der Waals surface area contributed by atoms with Gasteiger partial charge in [-0.05, 0) is 25.0 Å². The lowest BCUT2D eigenvalue weighted by atomic mass is 9.85. The van der Waals surface area contributed by atoms with Gasteiger partial charge in [0.2, 0.25) is 0 Å². The van der Waals surface area contributed by atoms with Crippen LogP contribution in [0, 0.1) is 0 Å². The van der Waals surface area contributed by atoms with E-state index >= 15 is 0 Å². The van der Waals surface area contributed by atoms with Crippen LogP contribution in [0.25, 0.3) is 10.2 Å². The molecule has 0 saturated heterocycles. The summed E-state index contributed by atoms with van der Waals surface area (Å²) in [5, 5.41) is 13.8. The van der Waals surface area contributed by atoms with Gasteiger partial charge in [0.25, 0.3) is 0 Å². The van der Waals surface area contributed by atoms with Gasteiger partial charge in [0.05, 0.1) is 27.2 Å². The van der Waals surface area contributed by atoms with E-state index in [0.717, 1.165) is 41.6 Å². The van der Waals surface area contributed by atoms with Gasteiger partial charge in [-0.3, -0.25) is 0 Å². The fourth-order valence-electron chi connectivity index (χ4n) is 2.75. The summed E-state index contributed by atoms with van der Waals surface area (Å²) >= 11 is 1.59. The molecule has 1 fully saturated rings. The van der Waals surface area contributed by atoms with Crippen molar-refractivity contribution in [1.29, 1.82) is 0 Å². The van der Waals surface area contributed by atoms with Gasteiger partial charge >= 0.3 is 0 Å². The van der Waals surface area contributed by atoms with Crippen molar-refractivity contribution in [3.63, 3.8) is 0 Å². The number of nitrogen functional groups attached to an aromatic ring is 1. The standard InChI is InChI=1S/C14H19N3OS/c15-12-10(4-5-11-13(12)17-9-19-11)16-8-14(18)6-2-1-3-7-14/h4-5,9,16,18H,1-3,6-8,15H2. The first-order chi connectivity index (χ1) is 9.18. The highest BCUT2D eigenvalue weighted by atomic mass is 32.1. The molecule has 102 valence electrons. The van der Waals surface area contributed by atoms with E-state index in [1.54, 1.807) is 16.8 Å². The highest BCUT2D eigenvalue weighted by Gasteiger charge is 2.28. The lowest BCUT2D eigenvalue weighted by Crippen LogP contribution is -2.38. The monoisotopic (exact) mass is 277 g/mol. The Balaban J connectivity index is 1.76. The SMILES string of the molecule is Nc1c(NCC2(O)CCCCC2)ccc2scnc12. The molecule has 3 rings (SSSR count). The minimum Gasteiger partial charge on any atom is -0.395 e. The minimum atomic E-state index is -0.582. The Hall–Kier alpha value is -1.33. The van der Waals surface area contributed by atoms with Gasteiger partial charge in [0.1, 0.15) is 5.52 Å². The van der Waals surface area contributed by atoms with E-state index in [-0.39, 0.29) is 0 Å². The Morgan fingerprint density at radius 3 is 2.89 bits per heavy atom. The fraction of sp³-hybridized carbons (Fsp3) is 0.500. The van der Waals surface area contributed by atoms with Crippen molar-refractivity contribution >= 4 is 32.9 Å². The molecule has 0 atom stereocenters. The lowest BCUT2D eigenvalue weighted by molar-refractivity contribution is 0.0167. The van der Waals surface area contributed by atoms with E-state index < -0.39 is 5.60 Å². The van der Waals surface area contributed by atoms with Crippen molar-refractivity contribution in [2.45, 2.75) is 37.7 Å². The van der Waals surface area contributed by atoms with E-state index in [1.165, 1.54) is 6.42 Å². The minimum absolute atomic E-state index is 0.562. The van der Waals surface area contributed by atoms with Gasteiger partial charge in [0, 0.05) is 6.54 Å². The van der Waals surface area contributed by atoms with Gasteiger partial charge in [0.15, 0.2) is 0 Å². The molecule has 19 heavy (non-hydrogen) atoms. The summed E-state index contributed by atoms with van der Waals surface area (Å²) in [7, 11) is 0. The summed E-state index contributed by atoms with van der Waals surface area (Å²) in [6, 6.07) is 4.00. The van der Waals surface area contributed by atoms with E-state index in [9.17, 15) is 5.11 Å². The Kier molecular flexibility index (Phi) is 3.33. The fourth-order valence-corrected chi connectivity index (χ4v) is 3.45. The Labute approximate surface area is 116 Å². The summed E-state index contributed by atoms with van der Waals surface area (Å²) in [6.07, 6.45) is 5.20. The molecule has 0 spiro atoms. The first kappa shape index (κ1) is 12.7. The molecule has 0 radical (unpaired) electrons. The van der Waals surface area contributed by atoms with Crippen LogP contribution in [0.1, 0.15) is 32.1 Å². The van der Waals surface area contributed by atoms with E-state index in [2.05, 4.69) is 10.3 Å². The molecule has 1 aromatic carbocycles. The zero-order valence-corrected chi connectivity index (χ0v) is 11.7. The van der Waals surface area contributed by atoms with Crippen LogP contribution in [0.4, 0.5) is 11.4 Å². The van der Waals surface area contributed by atoms with Crippen molar-refractivity contribution in [2.75, 3.05) is 17.6 Å². The number of nitrogens with zero attached hydrogens (tertiary/aromatic N) is 1. The molecule has 0 aliphatic heterocycles. The average molecular weight is 277 g/mol. The van der Waals surface area contributed by atoms with E-state index in [4.69, 9.17) is 5.73 Å². The number of nitrogens with two attached hydrogens (primary N) is 1. The summed E-state index contributed by atoms with van der Waals surface area (Å²) in [5.41, 5.74) is 9.75. The van der Waals surface area contributed by atoms with Gasteiger partial charge in [-0.25, -0.2) is 4.98 Å². The average Bonchev–Trinajstić information content (AvgIpc) is 2.88. The summed E-state index contributed by atoms with van der Waals surface area (Å²) in [4.78, 5) is 4.28. The van der Waals surface area contributed by atoms with Crippen molar-refractivity contribution in [2.24, 2.45) is 0 Å². The molecule has 0 unspecified atom stereocenters. The quantitative estimate of drug-likeness (QED) is 0.754. The molecular weight excluding hydrogens is 258 g/mol. The Morgan fingerprint density at radius 2 is 2.11 bits per heavy atom. The lowest BCUT2D eigenvalue weighted by Gasteiger charge is -2.32. The maximum absolute atomic E-state index is 10.5. The van der Waals surface area contributed by atoms with Crippen LogP contribution in [-0.2, 0) is 0 Å². The van der Waals surface area contributed by atoms with Gasteiger partial charge in [-0.2, -0.15) is 0 Å². The van der Waals surface area contributed by atoms with Crippen molar-refractivity contribution < 1.29 is 5.11 Å². The van der Waals surface area contributed by atoms with Crippen molar-refractivity contribution in [1.82, 2.24) is 4.98 Å². The summed E-state index contributed by atoms with van der Waals surface area (Å²) < 4.78 is 1.10. The second-order valence-corrected chi connectivity index (χ2v) is 6.25.